The molecule has 0 spiro atoms. The van der Waals surface area contributed by atoms with Crippen molar-refractivity contribution < 1.29 is 22.7 Å². The minimum atomic E-state index is -4.62. The first-order valence-electron chi connectivity index (χ1n) is 6.77. The van der Waals surface area contributed by atoms with Gasteiger partial charge in [0.1, 0.15) is 6.10 Å². The molecule has 1 aliphatic heterocycles. The highest BCUT2D eigenvalue weighted by Crippen LogP contribution is 2.27. The first-order chi connectivity index (χ1) is 10.9. The van der Waals surface area contributed by atoms with Gasteiger partial charge in [0.25, 0.3) is 5.91 Å². The second-order valence-electron chi connectivity index (χ2n) is 4.96. The molecule has 0 aromatic carbocycles. The van der Waals surface area contributed by atoms with E-state index in [1.165, 1.54) is 16.2 Å². The lowest BCUT2D eigenvalue weighted by molar-refractivity contribution is -0.145. The molecule has 0 bridgehead atoms. The van der Waals surface area contributed by atoms with Crippen LogP contribution in [0.2, 0.25) is 0 Å². The number of hydrogen-bond donors (Lipinski definition) is 0. The van der Waals surface area contributed by atoms with Crippen molar-refractivity contribution in [1.29, 1.82) is 0 Å². The Labute approximate surface area is 133 Å². The summed E-state index contributed by atoms with van der Waals surface area (Å²) in [6.07, 6.45) is -3.03. The van der Waals surface area contributed by atoms with Gasteiger partial charge in [0.15, 0.2) is 0 Å². The average molecular weight is 343 g/mol. The molecule has 0 N–H and O–H groups in total. The molecule has 122 valence electrons. The number of nitrogens with zero attached hydrogens (tertiary/aromatic N) is 3. The van der Waals surface area contributed by atoms with Crippen LogP contribution in [0.3, 0.4) is 0 Å². The Hall–Kier alpha value is -2.00. The number of amides is 1. The van der Waals surface area contributed by atoms with E-state index in [4.69, 9.17) is 4.74 Å². The summed E-state index contributed by atoms with van der Waals surface area (Å²) in [6.45, 7) is 1.09. The molecule has 1 fully saturated rings. The molecule has 1 atom stereocenters. The number of carbonyl (C=O) groups is 1. The Morgan fingerprint density at radius 2 is 2.09 bits per heavy atom. The van der Waals surface area contributed by atoms with E-state index >= 15 is 0 Å². The van der Waals surface area contributed by atoms with Crippen molar-refractivity contribution in [2.24, 2.45) is 0 Å². The van der Waals surface area contributed by atoms with Crippen LogP contribution in [-0.4, -0.2) is 40.5 Å². The lowest BCUT2D eigenvalue weighted by atomic mass is 10.1. The van der Waals surface area contributed by atoms with Crippen molar-refractivity contribution in [3.05, 3.63) is 46.2 Å². The van der Waals surface area contributed by atoms with Crippen LogP contribution in [0, 0.1) is 0 Å². The number of halogens is 3. The van der Waals surface area contributed by atoms with Gasteiger partial charge in [0.2, 0.25) is 5.82 Å². The van der Waals surface area contributed by atoms with Gasteiger partial charge in [-0.25, -0.2) is 9.97 Å². The van der Waals surface area contributed by atoms with E-state index in [1.807, 2.05) is 16.8 Å². The maximum absolute atomic E-state index is 12.4. The summed E-state index contributed by atoms with van der Waals surface area (Å²) in [7, 11) is 0. The van der Waals surface area contributed by atoms with Crippen molar-refractivity contribution in [3.8, 4) is 0 Å². The minimum absolute atomic E-state index is 0.0315. The monoisotopic (exact) mass is 343 g/mol. The first kappa shape index (κ1) is 15.9. The van der Waals surface area contributed by atoms with Crippen LogP contribution in [0.25, 0.3) is 0 Å². The second-order valence-corrected chi connectivity index (χ2v) is 5.74. The zero-order valence-corrected chi connectivity index (χ0v) is 12.6. The first-order valence-corrected chi connectivity index (χ1v) is 7.71. The van der Waals surface area contributed by atoms with Gasteiger partial charge in [-0.1, -0.05) is 0 Å². The van der Waals surface area contributed by atoms with Crippen molar-refractivity contribution >= 4 is 17.2 Å². The van der Waals surface area contributed by atoms with E-state index in [9.17, 15) is 18.0 Å². The fraction of sp³-hybridized carbons (Fsp3) is 0.357. The number of aromatic nitrogens is 2. The summed E-state index contributed by atoms with van der Waals surface area (Å²) in [5.41, 5.74) is 1.01. The Bertz CT molecular complexity index is 674. The normalized spacial score (nSPS) is 18.9. The van der Waals surface area contributed by atoms with E-state index in [1.54, 1.807) is 0 Å². The zero-order chi connectivity index (χ0) is 16.4. The van der Waals surface area contributed by atoms with Crippen LogP contribution in [0.1, 0.15) is 27.8 Å². The quantitative estimate of drug-likeness (QED) is 0.841. The zero-order valence-electron chi connectivity index (χ0n) is 11.8. The smallest absolute Gasteiger partial charge is 0.370 e. The van der Waals surface area contributed by atoms with Gasteiger partial charge in [0.05, 0.1) is 18.7 Å². The molecular weight excluding hydrogens is 331 g/mol. The average Bonchev–Trinajstić information content (AvgIpc) is 3.08. The van der Waals surface area contributed by atoms with Gasteiger partial charge in [-0.15, -0.1) is 0 Å². The minimum Gasteiger partial charge on any atom is -0.370 e. The van der Waals surface area contributed by atoms with Gasteiger partial charge >= 0.3 is 6.18 Å². The SMILES string of the molecule is O=C(c1cnc(C(F)(F)F)nc1)N1CCO[C@H](c2ccsc2)C1. The number of ether oxygens (including phenoxy) is 1. The van der Waals surface area contributed by atoms with Crippen LogP contribution in [0.4, 0.5) is 13.2 Å². The summed E-state index contributed by atoms with van der Waals surface area (Å²) >= 11 is 1.53. The van der Waals surface area contributed by atoms with E-state index in [-0.39, 0.29) is 11.7 Å². The van der Waals surface area contributed by atoms with Crippen LogP contribution >= 0.6 is 11.3 Å². The molecule has 1 saturated heterocycles. The number of carbonyl (C=O) groups excluding carboxylic acids is 1. The summed E-state index contributed by atoms with van der Waals surface area (Å²) < 4.78 is 43.0. The number of hydrogen-bond acceptors (Lipinski definition) is 5. The maximum Gasteiger partial charge on any atom is 0.451 e. The van der Waals surface area contributed by atoms with Gasteiger partial charge < -0.3 is 9.64 Å². The predicted octanol–water partition coefficient (Wildman–Crippen LogP) is 2.77. The molecule has 0 unspecified atom stereocenters. The van der Waals surface area contributed by atoms with Gasteiger partial charge in [-0.2, -0.15) is 24.5 Å². The summed E-state index contributed by atoms with van der Waals surface area (Å²) in [5, 5.41) is 3.86. The second kappa shape index (κ2) is 6.25. The van der Waals surface area contributed by atoms with Crippen molar-refractivity contribution in [2.75, 3.05) is 19.7 Å². The lowest BCUT2D eigenvalue weighted by Crippen LogP contribution is -2.42. The highest BCUT2D eigenvalue weighted by molar-refractivity contribution is 7.07. The predicted molar refractivity (Wildman–Crippen MR) is 75.9 cm³/mol. The van der Waals surface area contributed by atoms with Crippen LogP contribution < -0.4 is 0 Å². The molecular formula is C14H12F3N3O2S. The molecule has 0 saturated carbocycles. The topological polar surface area (TPSA) is 55.3 Å². The molecule has 0 aliphatic carbocycles. The third-order valence-electron chi connectivity index (χ3n) is 3.42. The van der Waals surface area contributed by atoms with E-state index in [2.05, 4.69) is 9.97 Å². The molecule has 3 heterocycles. The van der Waals surface area contributed by atoms with E-state index in [0.29, 0.717) is 19.7 Å². The number of rotatable bonds is 2. The molecule has 23 heavy (non-hydrogen) atoms. The van der Waals surface area contributed by atoms with Gasteiger partial charge in [-0.05, 0) is 22.4 Å². The fourth-order valence-electron chi connectivity index (χ4n) is 2.26. The number of thiophene rings is 1. The van der Waals surface area contributed by atoms with Crippen molar-refractivity contribution in [1.82, 2.24) is 14.9 Å². The Balaban J connectivity index is 1.72. The Morgan fingerprint density at radius 3 is 2.70 bits per heavy atom. The summed E-state index contributed by atoms with van der Waals surface area (Å²) in [5.74, 6) is -1.66. The van der Waals surface area contributed by atoms with Gasteiger partial charge in [-0.3, -0.25) is 4.79 Å². The fourth-order valence-corrected chi connectivity index (χ4v) is 2.96. The summed E-state index contributed by atoms with van der Waals surface area (Å²) in [6, 6.07) is 1.92. The highest BCUT2D eigenvalue weighted by atomic mass is 32.1. The Kier molecular flexibility index (Phi) is 4.31. The molecule has 3 rings (SSSR count). The van der Waals surface area contributed by atoms with Gasteiger partial charge in [0, 0.05) is 18.9 Å². The third-order valence-corrected chi connectivity index (χ3v) is 4.12. The molecule has 0 radical (unpaired) electrons. The maximum atomic E-state index is 12.4. The third kappa shape index (κ3) is 3.50. The van der Waals surface area contributed by atoms with Crippen molar-refractivity contribution in [2.45, 2.75) is 12.3 Å². The highest BCUT2D eigenvalue weighted by Gasteiger charge is 2.35. The van der Waals surface area contributed by atoms with Crippen LogP contribution in [0.5, 0.6) is 0 Å². The van der Waals surface area contributed by atoms with Crippen LogP contribution in [0.15, 0.2) is 29.2 Å². The molecule has 2 aromatic heterocycles. The van der Waals surface area contributed by atoms with Crippen LogP contribution in [-0.2, 0) is 10.9 Å². The van der Waals surface area contributed by atoms with Crippen molar-refractivity contribution in [3.63, 3.8) is 0 Å². The molecule has 2 aromatic rings. The summed E-state index contributed by atoms with van der Waals surface area (Å²) in [4.78, 5) is 20.4. The molecule has 1 amide bonds. The number of alkyl halides is 3. The standard InChI is InChI=1S/C14H12F3N3O2S/c15-14(16,17)13-18-5-10(6-19-13)12(21)20-2-3-22-11(7-20)9-1-4-23-8-9/h1,4-6,8,11H,2-3,7H2/t11-/m0/s1. The van der Waals surface area contributed by atoms with E-state index in [0.717, 1.165) is 18.0 Å². The largest absolute Gasteiger partial charge is 0.451 e. The lowest BCUT2D eigenvalue weighted by Gasteiger charge is -2.32. The molecule has 9 heteroatoms. The van der Waals surface area contributed by atoms with E-state index < -0.39 is 17.9 Å². The molecule has 1 aliphatic rings. The molecule has 5 nitrogen and oxygen atoms in total. The number of morpholine rings is 1. The Morgan fingerprint density at radius 1 is 1.35 bits per heavy atom.